The van der Waals surface area contributed by atoms with Crippen LogP contribution in [0.4, 0.5) is 17.5 Å². The Morgan fingerprint density at radius 3 is 2.68 bits per heavy atom. The zero-order valence-corrected chi connectivity index (χ0v) is 10.5. The molecule has 0 fully saturated rings. The Hall–Kier alpha value is -2.45. The first-order valence-corrected chi connectivity index (χ1v) is 5.72. The van der Waals surface area contributed by atoms with Crippen LogP contribution >= 0.6 is 0 Å². The summed E-state index contributed by atoms with van der Waals surface area (Å²) in [4.78, 5) is 28.5. The second-order valence-electron chi connectivity index (χ2n) is 3.97. The first kappa shape index (κ1) is 14.6. The number of nitrogens with two attached hydrogens (primary N) is 2. The molecule has 0 aromatic carbocycles. The Bertz CT molecular complexity index is 490. The van der Waals surface area contributed by atoms with Gasteiger partial charge in [-0.05, 0) is 19.8 Å². The lowest BCUT2D eigenvalue weighted by Gasteiger charge is -2.07. The molecule has 0 atom stereocenters. The number of nitrogens with zero attached hydrogens (tertiary/aromatic N) is 3. The Morgan fingerprint density at radius 1 is 1.42 bits per heavy atom. The number of unbranched alkanes of at least 4 members (excludes halogenated alkanes) is 1. The summed E-state index contributed by atoms with van der Waals surface area (Å²) in [6, 6.07) is 0. The molecule has 0 aliphatic carbocycles. The van der Waals surface area contributed by atoms with Gasteiger partial charge in [0.25, 0.3) is 0 Å². The molecule has 104 valence electrons. The predicted octanol–water partition coefficient (Wildman–Crippen LogP) is 0.343. The van der Waals surface area contributed by atoms with Gasteiger partial charge in [-0.2, -0.15) is 4.98 Å². The van der Waals surface area contributed by atoms with Crippen molar-refractivity contribution in [2.45, 2.75) is 26.2 Å². The van der Waals surface area contributed by atoms with Crippen LogP contribution in [0.3, 0.4) is 0 Å². The fourth-order valence-corrected chi connectivity index (χ4v) is 1.56. The number of nitro groups is 1. The van der Waals surface area contributed by atoms with Gasteiger partial charge in [0.15, 0.2) is 0 Å². The molecule has 1 rings (SSSR count). The summed E-state index contributed by atoms with van der Waals surface area (Å²) in [5.41, 5.74) is 10.5. The second-order valence-corrected chi connectivity index (χ2v) is 3.97. The van der Waals surface area contributed by atoms with E-state index in [0.717, 1.165) is 0 Å². The van der Waals surface area contributed by atoms with E-state index >= 15 is 0 Å². The third kappa shape index (κ3) is 4.37. The molecule has 0 unspecified atom stereocenters. The molecule has 0 aliphatic heterocycles. The number of hydrogen-bond donors (Lipinski definition) is 3. The summed E-state index contributed by atoms with van der Waals surface area (Å²) < 4.78 is 0. The molecule has 1 aromatic rings. The minimum atomic E-state index is -0.555. The molecule has 0 bridgehead atoms. The number of primary amides is 1. The Labute approximate surface area is 109 Å². The van der Waals surface area contributed by atoms with Crippen molar-refractivity contribution in [1.82, 2.24) is 9.97 Å². The number of carbonyl (C=O) groups is 1. The zero-order chi connectivity index (χ0) is 14.4. The highest BCUT2D eigenvalue weighted by molar-refractivity contribution is 5.73. The summed E-state index contributed by atoms with van der Waals surface area (Å²) in [6.45, 7) is 1.93. The average Bonchev–Trinajstić information content (AvgIpc) is 2.26. The van der Waals surface area contributed by atoms with Gasteiger partial charge in [-0.1, -0.05) is 0 Å². The van der Waals surface area contributed by atoms with Crippen molar-refractivity contribution in [3.8, 4) is 0 Å². The minimum absolute atomic E-state index is 0.0252. The van der Waals surface area contributed by atoms with Gasteiger partial charge in [0.05, 0.1) is 4.92 Å². The van der Waals surface area contributed by atoms with Crippen LogP contribution in [-0.4, -0.2) is 27.3 Å². The first-order chi connectivity index (χ1) is 8.91. The van der Waals surface area contributed by atoms with E-state index in [2.05, 4.69) is 15.3 Å². The number of nitrogens with one attached hydrogen (secondary N) is 1. The number of nitrogen functional groups attached to an aromatic ring is 1. The molecular formula is C10H16N6O3. The van der Waals surface area contributed by atoms with Crippen LogP contribution < -0.4 is 16.8 Å². The van der Waals surface area contributed by atoms with Gasteiger partial charge < -0.3 is 16.8 Å². The maximum absolute atomic E-state index is 10.9. The molecule has 0 aliphatic rings. The topological polar surface area (TPSA) is 150 Å². The fraction of sp³-hybridized carbons (Fsp3) is 0.500. The summed E-state index contributed by atoms with van der Waals surface area (Å²) in [7, 11) is 0. The number of hydrogen-bond acceptors (Lipinski definition) is 7. The Morgan fingerprint density at radius 2 is 2.11 bits per heavy atom. The summed E-state index contributed by atoms with van der Waals surface area (Å²) >= 11 is 0. The summed E-state index contributed by atoms with van der Waals surface area (Å²) in [5.74, 6) is -0.301. The zero-order valence-electron chi connectivity index (χ0n) is 10.5. The van der Waals surface area contributed by atoms with Gasteiger partial charge in [0.1, 0.15) is 5.69 Å². The Balaban J connectivity index is 2.67. The highest BCUT2D eigenvalue weighted by Crippen LogP contribution is 2.25. The van der Waals surface area contributed by atoms with Crippen molar-refractivity contribution in [3.05, 3.63) is 15.8 Å². The van der Waals surface area contributed by atoms with E-state index in [1.807, 2.05) is 0 Å². The predicted molar refractivity (Wildman–Crippen MR) is 69.4 cm³/mol. The van der Waals surface area contributed by atoms with E-state index in [0.29, 0.717) is 19.4 Å². The molecule has 9 heteroatoms. The van der Waals surface area contributed by atoms with Gasteiger partial charge in [0, 0.05) is 13.0 Å². The molecule has 1 amide bonds. The van der Waals surface area contributed by atoms with Gasteiger partial charge in [-0.25, -0.2) is 4.98 Å². The van der Waals surface area contributed by atoms with E-state index in [4.69, 9.17) is 11.5 Å². The number of carbonyl (C=O) groups excluding carboxylic acids is 1. The van der Waals surface area contributed by atoms with Gasteiger partial charge in [-0.3, -0.25) is 14.9 Å². The maximum atomic E-state index is 10.9. The lowest BCUT2D eigenvalue weighted by molar-refractivity contribution is -0.385. The van der Waals surface area contributed by atoms with Crippen molar-refractivity contribution in [1.29, 1.82) is 0 Å². The third-order valence-corrected chi connectivity index (χ3v) is 2.40. The van der Waals surface area contributed by atoms with Gasteiger partial charge in [0.2, 0.25) is 17.7 Å². The van der Waals surface area contributed by atoms with E-state index < -0.39 is 4.92 Å². The molecule has 0 spiro atoms. The van der Waals surface area contributed by atoms with Crippen LogP contribution in [0.2, 0.25) is 0 Å². The minimum Gasteiger partial charge on any atom is -0.370 e. The number of aryl methyl sites for hydroxylation is 1. The number of rotatable bonds is 7. The van der Waals surface area contributed by atoms with Crippen LogP contribution in [0.1, 0.15) is 25.0 Å². The van der Waals surface area contributed by atoms with Crippen LogP contribution in [0, 0.1) is 17.0 Å². The van der Waals surface area contributed by atoms with Gasteiger partial charge in [-0.15, -0.1) is 0 Å². The average molecular weight is 268 g/mol. The van der Waals surface area contributed by atoms with E-state index in [9.17, 15) is 14.9 Å². The van der Waals surface area contributed by atoms with Crippen molar-refractivity contribution in [2.24, 2.45) is 5.73 Å². The summed E-state index contributed by atoms with van der Waals surface area (Å²) in [6.07, 6.45) is 1.54. The second kappa shape index (κ2) is 6.47. The highest BCUT2D eigenvalue weighted by atomic mass is 16.6. The van der Waals surface area contributed by atoms with Gasteiger partial charge >= 0.3 is 5.69 Å². The molecule has 1 heterocycles. The van der Waals surface area contributed by atoms with E-state index in [1.54, 1.807) is 0 Å². The van der Waals surface area contributed by atoms with Crippen molar-refractivity contribution < 1.29 is 9.72 Å². The number of aromatic nitrogens is 2. The lowest BCUT2D eigenvalue weighted by atomic mass is 10.2. The molecule has 0 saturated heterocycles. The third-order valence-electron chi connectivity index (χ3n) is 2.40. The molecule has 1 aromatic heterocycles. The van der Waals surface area contributed by atoms with Crippen molar-refractivity contribution in [3.63, 3.8) is 0 Å². The lowest BCUT2D eigenvalue weighted by Crippen LogP contribution is -2.12. The summed E-state index contributed by atoms with van der Waals surface area (Å²) in [5, 5.41) is 13.7. The van der Waals surface area contributed by atoms with Crippen LogP contribution in [0.15, 0.2) is 0 Å². The number of amides is 1. The van der Waals surface area contributed by atoms with Crippen molar-refractivity contribution in [2.75, 3.05) is 17.6 Å². The normalized spacial score (nSPS) is 10.2. The first-order valence-electron chi connectivity index (χ1n) is 5.72. The van der Waals surface area contributed by atoms with Crippen LogP contribution in [0.5, 0.6) is 0 Å². The Kier molecular flexibility index (Phi) is 4.98. The van der Waals surface area contributed by atoms with E-state index in [1.165, 1.54) is 6.92 Å². The molecule has 9 nitrogen and oxygen atoms in total. The number of anilines is 2. The molecule has 5 N–H and O–H groups in total. The fourth-order valence-electron chi connectivity index (χ4n) is 1.56. The standard InChI is InChI=1S/C10H16N6O3/c1-6-8(16(18)19)9(15-10(12)14-6)13-5-3-2-4-7(11)17/h2-5H2,1H3,(H2,11,17)(H3,12,13,14,15). The monoisotopic (exact) mass is 268 g/mol. The quantitative estimate of drug-likeness (QED) is 0.366. The molecule has 0 saturated carbocycles. The molecular weight excluding hydrogens is 252 g/mol. The van der Waals surface area contributed by atoms with Crippen LogP contribution in [-0.2, 0) is 4.79 Å². The largest absolute Gasteiger partial charge is 0.370 e. The molecule has 19 heavy (non-hydrogen) atoms. The highest BCUT2D eigenvalue weighted by Gasteiger charge is 2.20. The maximum Gasteiger partial charge on any atom is 0.332 e. The molecule has 0 radical (unpaired) electrons. The van der Waals surface area contributed by atoms with Crippen molar-refractivity contribution >= 4 is 23.4 Å². The van der Waals surface area contributed by atoms with Crippen LogP contribution in [0.25, 0.3) is 0 Å². The van der Waals surface area contributed by atoms with E-state index in [-0.39, 0.29) is 35.5 Å². The smallest absolute Gasteiger partial charge is 0.332 e. The SMILES string of the molecule is Cc1nc(N)nc(NCCCCC(N)=O)c1[N+](=O)[O-].